The molecule has 0 unspecified atom stereocenters. The Hall–Kier alpha value is -1.46. The van der Waals surface area contributed by atoms with E-state index >= 15 is 0 Å². The summed E-state index contributed by atoms with van der Waals surface area (Å²) in [4.78, 5) is 4.24. The Labute approximate surface area is 87.8 Å². The van der Waals surface area contributed by atoms with Gasteiger partial charge in [0.25, 0.3) is 0 Å². The maximum absolute atomic E-state index is 11.1. The SMILES string of the molecule is Cc1nccc2cc(S(N)(=O)=O)ccc12. The summed E-state index contributed by atoms with van der Waals surface area (Å²) in [6.07, 6.45) is 1.64. The van der Waals surface area contributed by atoms with Crippen LogP contribution in [0.4, 0.5) is 0 Å². The van der Waals surface area contributed by atoms with E-state index < -0.39 is 10.0 Å². The van der Waals surface area contributed by atoms with Gasteiger partial charge in [0.15, 0.2) is 0 Å². The van der Waals surface area contributed by atoms with E-state index in [0.29, 0.717) is 0 Å². The predicted molar refractivity (Wildman–Crippen MR) is 57.9 cm³/mol. The molecule has 1 aromatic carbocycles. The Morgan fingerprint density at radius 3 is 2.67 bits per heavy atom. The Balaban J connectivity index is 2.79. The molecule has 5 heteroatoms. The lowest BCUT2D eigenvalue weighted by Gasteiger charge is -2.03. The highest BCUT2D eigenvalue weighted by atomic mass is 32.2. The van der Waals surface area contributed by atoms with E-state index in [1.807, 2.05) is 6.92 Å². The Morgan fingerprint density at radius 1 is 1.27 bits per heavy atom. The molecule has 2 rings (SSSR count). The average molecular weight is 222 g/mol. The fourth-order valence-electron chi connectivity index (χ4n) is 1.48. The van der Waals surface area contributed by atoms with Crippen LogP contribution >= 0.6 is 0 Å². The molecule has 2 N–H and O–H groups in total. The first kappa shape index (κ1) is 10.1. The highest BCUT2D eigenvalue weighted by Crippen LogP contribution is 2.19. The van der Waals surface area contributed by atoms with Crippen molar-refractivity contribution in [3.8, 4) is 0 Å². The first-order valence-corrected chi connectivity index (χ1v) is 5.91. The zero-order chi connectivity index (χ0) is 11.1. The van der Waals surface area contributed by atoms with Gasteiger partial charge in [-0.05, 0) is 30.5 Å². The molecule has 2 aromatic rings. The maximum atomic E-state index is 11.1. The van der Waals surface area contributed by atoms with Gasteiger partial charge in [0.05, 0.1) is 4.90 Å². The lowest BCUT2D eigenvalue weighted by atomic mass is 10.1. The van der Waals surface area contributed by atoms with Gasteiger partial charge in [-0.15, -0.1) is 0 Å². The van der Waals surface area contributed by atoms with Gasteiger partial charge in [-0.2, -0.15) is 0 Å². The van der Waals surface area contributed by atoms with Gasteiger partial charge in [0.1, 0.15) is 0 Å². The molecule has 0 amide bonds. The number of sulfonamides is 1. The lowest BCUT2D eigenvalue weighted by molar-refractivity contribution is 0.598. The normalized spacial score (nSPS) is 11.9. The first-order valence-electron chi connectivity index (χ1n) is 4.37. The van der Waals surface area contributed by atoms with E-state index in [1.54, 1.807) is 24.4 Å². The second-order valence-electron chi connectivity index (χ2n) is 3.32. The number of primary sulfonamides is 1. The summed E-state index contributed by atoms with van der Waals surface area (Å²) in [5.41, 5.74) is 0.869. The molecule has 0 aliphatic rings. The second-order valence-corrected chi connectivity index (χ2v) is 4.89. The number of nitrogens with two attached hydrogens (primary N) is 1. The van der Waals surface area contributed by atoms with Gasteiger partial charge in [-0.25, -0.2) is 13.6 Å². The fraction of sp³-hybridized carbons (Fsp3) is 0.100. The number of hydrogen-bond donors (Lipinski definition) is 1. The molecule has 0 atom stereocenters. The quantitative estimate of drug-likeness (QED) is 0.787. The van der Waals surface area contributed by atoms with Crippen LogP contribution in [0, 0.1) is 6.92 Å². The van der Waals surface area contributed by atoms with Crippen molar-refractivity contribution in [3.05, 3.63) is 36.2 Å². The van der Waals surface area contributed by atoms with Gasteiger partial charge < -0.3 is 0 Å². The molecule has 1 heterocycles. The van der Waals surface area contributed by atoms with E-state index in [9.17, 15) is 8.42 Å². The molecule has 0 spiro atoms. The predicted octanol–water partition coefficient (Wildman–Crippen LogP) is 1.19. The Morgan fingerprint density at radius 2 is 2.00 bits per heavy atom. The van der Waals surface area contributed by atoms with Crippen LogP contribution in [0.1, 0.15) is 5.69 Å². The zero-order valence-electron chi connectivity index (χ0n) is 8.14. The van der Waals surface area contributed by atoms with Gasteiger partial charge in [0.2, 0.25) is 10.0 Å². The smallest absolute Gasteiger partial charge is 0.238 e. The standard InChI is InChI=1S/C10H10N2O2S/c1-7-10-3-2-9(15(11,13)14)6-8(10)4-5-12-7/h2-6H,1H3,(H2,11,13,14). The summed E-state index contributed by atoms with van der Waals surface area (Å²) in [5, 5.41) is 6.81. The molecule has 0 radical (unpaired) electrons. The van der Waals surface area contributed by atoms with Crippen molar-refractivity contribution in [2.24, 2.45) is 5.14 Å². The minimum absolute atomic E-state index is 0.126. The summed E-state index contributed by atoms with van der Waals surface area (Å²) < 4.78 is 22.2. The number of benzene rings is 1. The van der Waals surface area contributed by atoms with Gasteiger partial charge in [-0.1, -0.05) is 6.07 Å². The number of rotatable bonds is 1. The topological polar surface area (TPSA) is 73.0 Å². The van der Waals surface area contributed by atoms with Crippen molar-refractivity contribution in [3.63, 3.8) is 0 Å². The molecule has 0 aliphatic carbocycles. The molecule has 0 aliphatic heterocycles. The maximum Gasteiger partial charge on any atom is 0.238 e. The van der Waals surface area contributed by atoms with Gasteiger partial charge >= 0.3 is 0 Å². The van der Waals surface area contributed by atoms with Crippen molar-refractivity contribution in [2.75, 3.05) is 0 Å². The molecule has 4 nitrogen and oxygen atoms in total. The van der Waals surface area contributed by atoms with Crippen LogP contribution in [0.5, 0.6) is 0 Å². The lowest BCUT2D eigenvalue weighted by Crippen LogP contribution is -2.11. The van der Waals surface area contributed by atoms with E-state index in [2.05, 4.69) is 4.98 Å². The molecule has 15 heavy (non-hydrogen) atoms. The van der Waals surface area contributed by atoms with Crippen LogP contribution in [0.15, 0.2) is 35.4 Å². The van der Waals surface area contributed by atoms with Gasteiger partial charge in [0, 0.05) is 17.3 Å². The third-order valence-corrected chi connectivity index (χ3v) is 3.17. The molecule has 0 saturated heterocycles. The van der Waals surface area contributed by atoms with E-state index in [4.69, 9.17) is 5.14 Å². The summed E-state index contributed by atoms with van der Waals surface area (Å²) in [7, 11) is -3.63. The Bertz CT molecular complexity index is 620. The number of fused-ring (bicyclic) bond motifs is 1. The van der Waals surface area contributed by atoms with Crippen molar-refractivity contribution in [2.45, 2.75) is 11.8 Å². The summed E-state index contributed by atoms with van der Waals surface area (Å²) in [6, 6.07) is 6.53. The molecule has 1 aromatic heterocycles. The first-order chi connectivity index (χ1) is 6.98. The number of aromatic nitrogens is 1. The molecule has 0 fully saturated rings. The molecule has 0 saturated carbocycles. The second kappa shape index (κ2) is 3.29. The molecule has 0 bridgehead atoms. The fourth-order valence-corrected chi connectivity index (χ4v) is 2.03. The van der Waals surface area contributed by atoms with Crippen LogP contribution in [0.2, 0.25) is 0 Å². The largest absolute Gasteiger partial charge is 0.261 e. The number of nitrogens with zero attached hydrogens (tertiary/aromatic N) is 1. The van der Waals surface area contributed by atoms with E-state index in [-0.39, 0.29) is 4.90 Å². The van der Waals surface area contributed by atoms with Crippen LogP contribution < -0.4 is 5.14 Å². The van der Waals surface area contributed by atoms with Crippen LogP contribution in [0.3, 0.4) is 0 Å². The average Bonchev–Trinajstić information content (AvgIpc) is 2.16. The monoisotopic (exact) mass is 222 g/mol. The molecular weight excluding hydrogens is 212 g/mol. The number of aryl methyl sites for hydroxylation is 1. The molecular formula is C10H10N2O2S. The minimum atomic E-state index is -3.63. The highest BCUT2D eigenvalue weighted by Gasteiger charge is 2.08. The van der Waals surface area contributed by atoms with Crippen molar-refractivity contribution in [1.82, 2.24) is 4.98 Å². The third-order valence-electron chi connectivity index (χ3n) is 2.26. The number of pyridine rings is 1. The third kappa shape index (κ3) is 1.84. The minimum Gasteiger partial charge on any atom is -0.261 e. The highest BCUT2D eigenvalue weighted by molar-refractivity contribution is 7.89. The van der Waals surface area contributed by atoms with Crippen LogP contribution in [-0.2, 0) is 10.0 Å². The summed E-state index contributed by atoms with van der Waals surface area (Å²) in [6.45, 7) is 1.87. The van der Waals surface area contributed by atoms with Crippen LogP contribution in [0.25, 0.3) is 10.8 Å². The Kier molecular flexibility index (Phi) is 2.21. The van der Waals surface area contributed by atoms with Crippen molar-refractivity contribution >= 4 is 20.8 Å². The van der Waals surface area contributed by atoms with Crippen molar-refractivity contribution in [1.29, 1.82) is 0 Å². The van der Waals surface area contributed by atoms with Gasteiger partial charge in [-0.3, -0.25) is 4.98 Å². The van der Waals surface area contributed by atoms with E-state index in [1.165, 1.54) is 6.07 Å². The van der Waals surface area contributed by atoms with Crippen LogP contribution in [-0.4, -0.2) is 13.4 Å². The van der Waals surface area contributed by atoms with Crippen molar-refractivity contribution < 1.29 is 8.42 Å². The number of hydrogen-bond acceptors (Lipinski definition) is 3. The van der Waals surface area contributed by atoms with E-state index in [0.717, 1.165) is 16.5 Å². The summed E-state index contributed by atoms with van der Waals surface area (Å²) in [5.74, 6) is 0. The zero-order valence-corrected chi connectivity index (χ0v) is 8.95. The molecule has 78 valence electrons. The summed E-state index contributed by atoms with van der Waals surface area (Å²) >= 11 is 0.